The van der Waals surface area contributed by atoms with Crippen molar-refractivity contribution < 1.29 is 9.53 Å². The van der Waals surface area contributed by atoms with Gasteiger partial charge in [0.15, 0.2) is 15.2 Å². The molecule has 0 saturated heterocycles. The maximum atomic E-state index is 11.6. The predicted octanol–water partition coefficient (Wildman–Crippen LogP) is 3.65. The lowest BCUT2D eigenvalue weighted by Gasteiger charge is -2.39. The van der Waals surface area contributed by atoms with Crippen LogP contribution in [0.2, 0.25) is 5.15 Å². The molecule has 7 heteroatoms. The van der Waals surface area contributed by atoms with Crippen LogP contribution in [-0.2, 0) is 4.74 Å². The Morgan fingerprint density at radius 1 is 1.36 bits per heavy atom. The van der Waals surface area contributed by atoms with E-state index in [-0.39, 0.29) is 10.7 Å². The number of aromatic nitrogens is 1. The average Bonchev–Trinajstić information content (AvgIpc) is 2.72. The van der Waals surface area contributed by atoms with Crippen molar-refractivity contribution >= 4 is 34.0 Å². The Balaban J connectivity index is 2.08. The number of esters is 1. The summed E-state index contributed by atoms with van der Waals surface area (Å²) in [5.74, 6) is -0.438. The van der Waals surface area contributed by atoms with Crippen LogP contribution in [0.4, 0.5) is 5.13 Å². The zero-order valence-electron chi connectivity index (χ0n) is 13.4. The van der Waals surface area contributed by atoms with E-state index in [9.17, 15) is 4.79 Å². The molecule has 0 atom stereocenters. The van der Waals surface area contributed by atoms with Crippen molar-refractivity contribution in [1.29, 1.82) is 0 Å². The molecule has 1 aromatic rings. The van der Waals surface area contributed by atoms with Gasteiger partial charge in [-0.3, -0.25) is 0 Å². The summed E-state index contributed by atoms with van der Waals surface area (Å²) >= 11 is 7.26. The quantitative estimate of drug-likeness (QED) is 0.652. The zero-order chi connectivity index (χ0) is 16.2. The number of hydrogen-bond donors (Lipinski definition) is 1. The van der Waals surface area contributed by atoms with Gasteiger partial charge in [-0.25, -0.2) is 9.78 Å². The summed E-state index contributed by atoms with van der Waals surface area (Å²) in [5.41, 5.74) is 0.139. The topological polar surface area (TPSA) is 54.5 Å². The van der Waals surface area contributed by atoms with Gasteiger partial charge < -0.3 is 15.0 Å². The fourth-order valence-electron chi connectivity index (χ4n) is 3.00. The highest BCUT2D eigenvalue weighted by atomic mass is 35.5. The number of nitrogens with zero attached hydrogens (tertiary/aromatic N) is 2. The molecule has 1 aromatic heterocycles. The van der Waals surface area contributed by atoms with Crippen LogP contribution in [0.5, 0.6) is 0 Å². The first-order valence-electron chi connectivity index (χ1n) is 7.64. The molecule has 0 radical (unpaired) electrons. The summed E-state index contributed by atoms with van der Waals surface area (Å²) in [7, 11) is 5.63. The van der Waals surface area contributed by atoms with Crippen LogP contribution in [0.15, 0.2) is 0 Å². The number of hydrogen-bond acceptors (Lipinski definition) is 6. The van der Waals surface area contributed by atoms with Crippen LogP contribution >= 0.6 is 22.9 Å². The fourth-order valence-corrected chi connectivity index (χ4v) is 4.10. The van der Waals surface area contributed by atoms with E-state index in [1.54, 1.807) is 0 Å². The minimum atomic E-state index is -0.438. The number of likely N-dealkylation sites (N-methyl/N-ethyl adjacent to an activating group) is 1. The smallest absolute Gasteiger partial charge is 0.351 e. The molecule has 1 fully saturated rings. The highest BCUT2D eigenvalue weighted by Gasteiger charge is 2.33. The predicted molar refractivity (Wildman–Crippen MR) is 91.1 cm³/mol. The van der Waals surface area contributed by atoms with Crippen molar-refractivity contribution in [3.63, 3.8) is 0 Å². The lowest BCUT2D eigenvalue weighted by atomic mass is 9.89. The average molecular weight is 346 g/mol. The molecule has 5 nitrogen and oxygen atoms in total. The summed E-state index contributed by atoms with van der Waals surface area (Å²) in [6.07, 6.45) is 7.49. The van der Waals surface area contributed by atoms with Crippen molar-refractivity contribution in [2.45, 2.75) is 44.1 Å². The second-order valence-corrected chi connectivity index (χ2v) is 7.37. The molecule has 0 aliphatic heterocycles. The molecule has 1 heterocycles. The van der Waals surface area contributed by atoms with E-state index in [4.69, 9.17) is 16.3 Å². The third-order valence-electron chi connectivity index (χ3n) is 4.51. The van der Waals surface area contributed by atoms with Crippen molar-refractivity contribution in [3.8, 4) is 0 Å². The molecular weight excluding hydrogens is 322 g/mol. The number of halogens is 1. The third-order valence-corrected chi connectivity index (χ3v) is 5.89. The van der Waals surface area contributed by atoms with Gasteiger partial charge in [0.05, 0.1) is 7.11 Å². The van der Waals surface area contributed by atoms with Gasteiger partial charge in [-0.15, -0.1) is 0 Å². The molecule has 22 heavy (non-hydrogen) atoms. The Labute approximate surface area is 141 Å². The number of carbonyl (C=O) groups is 1. The summed E-state index contributed by atoms with van der Waals surface area (Å²) < 4.78 is 4.71. The van der Waals surface area contributed by atoms with Crippen molar-refractivity contribution in [1.82, 2.24) is 9.88 Å². The maximum absolute atomic E-state index is 11.6. The van der Waals surface area contributed by atoms with Gasteiger partial charge in [-0.2, -0.15) is 0 Å². The highest BCUT2D eigenvalue weighted by Crippen LogP contribution is 2.33. The number of rotatable bonds is 5. The number of thiazole rings is 1. The molecule has 2 rings (SSSR count). The largest absolute Gasteiger partial charge is 0.465 e. The molecule has 1 aliphatic rings. The normalized spacial score (nSPS) is 18.0. The lowest BCUT2D eigenvalue weighted by molar-refractivity contribution is 0.0606. The Morgan fingerprint density at radius 2 is 2.00 bits per heavy atom. The monoisotopic (exact) mass is 345 g/mol. The zero-order valence-corrected chi connectivity index (χ0v) is 15.0. The number of anilines is 1. The number of methoxy groups -OCH3 is 1. The van der Waals surface area contributed by atoms with Crippen LogP contribution in [0.25, 0.3) is 0 Å². The fraction of sp³-hybridized carbons (Fsp3) is 0.733. The standard InChI is InChI=1S/C15H24ClN3O2S/c1-19(2)15(8-6-4-5-7-9-15)10-17-14-18-12(16)11(22-14)13(20)21-3/h4-10H2,1-3H3,(H,17,18). The molecule has 1 saturated carbocycles. The van der Waals surface area contributed by atoms with Crippen molar-refractivity contribution in [2.24, 2.45) is 0 Å². The number of nitrogens with one attached hydrogen (secondary N) is 1. The van der Waals surface area contributed by atoms with E-state index in [0.29, 0.717) is 10.0 Å². The first-order valence-corrected chi connectivity index (χ1v) is 8.84. The summed E-state index contributed by atoms with van der Waals surface area (Å²) in [5, 5.41) is 4.26. The van der Waals surface area contributed by atoms with Crippen LogP contribution in [-0.4, -0.2) is 49.1 Å². The third kappa shape index (κ3) is 3.91. The van der Waals surface area contributed by atoms with Gasteiger partial charge in [0, 0.05) is 12.1 Å². The Kier molecular flexibility index (Phi) is 6.06. The Hall–Kier alpha value is -0.850. The van der Waals surface area contributed by atoms with Crippen LogP contribution in [0.3, 0.4) is 0 Å². The Morgan fingerprint density at radius 3 is 2.55 bits per heavy atom. The van der Waals surface area contributed by atoms with E-state index >= 15 is 0 Å². The van der Waals surface area contributed by atoms with Gasteiger partial charge in [-0.05, 0) is 26.9 Å². The SMILES string of the molecule is COC(=O)c1sc(NCC2(N(C)C)CCCCCC2)nc1Cl. The maximum Gasteiger partial charge on any atom is 0.351 e. The molecule has 0 unspecified atom stereocenters. The summed E-state index contributed by atoms with van der Waals surface area (Å²) in [4.78, 5) is 18.5. The number of ether oxygens (including phenoxy) is 1. The van der Waals surface area contributed by atoms with Gasteiger partial charge in [-0.1, -0.05) is 48.6 Å². The molecule has 0 amide bonds. The molecule has 0 spiro atoms. The number of carbonyl (C=O) groups excluding carboxylic acids is 1. The molecule has 0 aromatic carbocycles. The van der Waals surface area contributed by atoms with E-state index in [2.05, 4.69) is 29.3 Å². The Bertz CT molecular complexity index is 511. The van der Waals surface area contributed by atoms with Crippen LogP contribution in [0.1, 0.15) is 48.2 Å². The van der Waals surface area contributed by atoms with Gasteiger partial charge >= 0.3 is 5.97 Å². The molecule has 124 valence electrons. The van der Waals surface area contributed by atoms with Gasteiger partial charge in [0.25, 0.3) is 0 Å². The molecule has 1 N–H and O–H groups in total. The first-order chi connectivity index (χ1) is 10.5. The van der Waals surface area contributed by atoms with Crippen LogP contribution < -0.4 is 5.32 Å². The van der Waals surface area contributed by atoms with Crippen LogP contribution in [0, 0.1) is 0 Å². The second kappa shape index (κ2) is 7.62. The molecule has 0 bridgehead atoms. The molecular formula is C15H24ClN3O2S. The summed E-state index contributed by atoms with van der Waals surface area (Å²) in [6.45, 7) is 0.810. The van der Waals surface area contributed by atoms with Crippen molar-refractivity contribution in [2.75, 3.05) is 33.1 Å². The summed E-state index contributed by atoms with van der Waals surface area (Å²) in [6, 6.07) is 0. The van der Waals surface area contributed by atoms with Crippen molar-refractivity contribution in [3.05, 3.63) is 10.0 Å². The van der Waals surface area contributed by atoms with E-state index in [1.165, 1.54) is 57.0 Å². The second-order valence-electron chi connectivity index (χ2n) is 6.02. The first kappa shape index (κ1) is 17.5. The van der Waals surface area contributed by atoms with Gasteiger partial charge in [0.2, 0.25) is 0 Å². The van der Waals surface area contributed by atoms with E-state index in [0.717, 1.165) is 6.54 Å². The minimum absolute atomic E-state index is 0.139. The van der Waals surface area contributed by atoms with Gasteiger partial charge in [0.1, 0.15) is 0 Å². The lowest BCUT2D eigenvalue weighted by Crippen LogP contribution is -2.49. The van der Waals surface area contributed by atoms with E-state index < -0.39 is 5.97 Å². The minimum Gasteiger partial charge on any atom is -0.465 e. The highest BCUT2D eigenvalue weighted by molar-refractivity contribution is 7.18. The molecule has 1 aliphatic carbocycles. The van der Waals surface area contributed by atoms with E-state index in [1.807, 2.05) is 0 Å².